The molecule has 0 aliphatic carbocycles. The first-order valence-electron chi connectivity index (χ1n) is 5.25. The van der Waals surface area contributed by atoms with Crippen molar-refractivity contribution in [1.29, 1.82) is 0 Å². The molecule has 106 valence electrons. The molecule has 4 nitrogen and oxygen atoms in total. The number of halogens is 4. The van der Waals surface area contributed by atoms with E-state index >= 15 is 0 Å². The summed E-state index contributed by atoms with van der Waals surface area (Å²) in [5, 5.41) is 11.4. The van der Waals surface area contributed by atoms with Crippen LogP contribution in [0.15, 0.2) is 18.2 Å². The molecule has 0 aliphatic heterocycles. The number of hydrogen-bond acceptors (Lipinski definition) is 3. The summed E-state index contributed by atoms with van der Waals surface area (Å²) in [4.78, 5) is 10.9. The third kappa shape index (κ3) is 4.70. The first kappa shape index (κ1) is 15.7. The summed E-state index contributed by atoms with van der Waals surface area (Å²) in [7, 11) is 0. The van der Waals surface area contributed by atoms with Gasteiger partial charge in [-0.15, -0.1) is 0 Å². The fourth-order valence-electron chi connectivity index (χ4n) is 1.30. The molecule has 19 heavy (non-hydrogen) atoms. The third-order valence-corrected chi connectivity index (χ3v) is 2.72. The first-order chi connectivity index (χ1) is 8.71. The van der Waals surface area contributed by atoms with Crippen LogP contribution in [0.3, 0.4) is 0 Å². The Balaban J connectivity index is 2.57. The van der Waals surface area contributed by atoms with Gasteiger partial charge in [-0.2, -0.15) is 13.2 Å². The van der Waals surface area contributed by atoms with Gasteiger partial charge in [-0.25, -0.2) is 0 Å². The minimum atomic E-state index is -4.66. The molecule has 1 amide bonds. The number of nitrogens with two attached hydrogens (primary N) is 1. The van der Waals surface area contributed by atoms with Gasteiger partial charge in [0.05, 0.1) is 0 Å². The van der Waals surface area contributed by atoms with E-state index in [1.165, 1.54) is 18.2 Å². The van der Waals surface area contributed by atoms with E-state index in [4.69, 9.17) is 22.4 Å². The van der Waals surface area contributed by atoms with Crippen LogP contribution in [-0.2, 0) is 6.54 Å². The van der Waals surface area contributed by atoms with Crippen molar-refractivity contribution in [3.05, 3.63) is 34.3 Å². The lowest BCUT2D eigenvalue weighted by Gasteiger charge is -2.15. The van der Waals surface area contributed by atoms with Crippen LogP contribution in [0.25, 0.3) is 0 Å². The molecular formula is C11H12ClF3N2O2. The Labute approximate surface area is 112 Å². The SMILES string of the molecule is NC(=O)c1ccc(CNCC(O)C(F)(F)F)c(Cl)c1. The Morgan fingerprint density at radius 3 is 2.58 bits per heavy atom. The fraction of sp³-hybridized carbons (Fsp3) is 0.364. The van der Waals surface area contributed by atoms with Crippen LogP contribution in [0.4, 0.5) is 13.2 Å². The van der Waals surface area contributed by atoms with Crippen molar-refractivity contribution in [1.82, 2.24) is 5.32 Å². The van der Waals surface area contributed by atoms with E-state index in [0.717, 1.165) is 0 Å². The molecule has 0 aliphatic rings. The maximum Gasteiger partial charge on any atom is 0.415 e. The van der Waals surface area contributed by atoms with Gasteiger partial charge in [-0.05, 0) is 17.7 Å². The van der Waals surface area contributed by atoms with Gasteiger partial charge in [0.1, 0.15) is 0 Å². The average molecular weight is 297 g/mol. The minimum Gasteiger partial charge on any atom is -0.382 e. The number of carbonyl (C=O) groups excluding carboxylic acids is 1. The Morgan fingerprint density at radius 2 is 2.11 bits per heavy atom. The van der Waals surface area contributed by atoms with Gasteiger partial charge in [0.15, 0.2) is 6.10 Å². The topological polar surface area (TPSA) is 75.4 Å². The maximum absolute atomic E-state index is 12.0. The lowest BCUT2D eigenvalue weighted by Crippen LogP contribution is -2.38. The Kier molecular flexibility index (Phi) is 5.16. The van der Waals surface area contributed by atoms with Gasteiger partial charge >= 0.3 is 6.18 Å². The van der Waals surface area contributed by atoms with Crippen LogP contribution >= 0.6 is 11.6 Å². The molecule has 1 aromatic rings. The van der Waals surface area contributed by atoms with Crippen LogP contribution in [0.5, 0.6) is 0 Å². The molecule has 0 saturated heterocycles. The van der Waals surface area contributed by atoms with Crippen molar-refractivity contribution in [3.8, 4) is 0 Å². The van der Waals surface area contributed by atoms with Crippen LogP contribution in [0.1, 0.15) is 15.9 Å². The quantitative estimate of drug-likeness (QED) is 0.770. The molecule has 0 saturated carbocycles. The van der Waals surface area contributed by atoms with Crippen molar-refractivity contribution >= 4 is 17.5 Å². The Hall–Kier alpha value is -1.31. The molecule has 0 aromatic heterocycles. The van der Waals surface area contributed by atoms with Gasteiger partial charge in [0.25, 0.3) is 0 Å². The number of amides is 1. The highest BCUT2D eigenvalue weighted by atomic mass is 35.5. The van der Waals surface area contributed by atoms with Gasteiger partial charge in [-0.1, -0.05) is 17.7 Å². The largest absolute Gasteiger partial charge is 0.415 e. The van der Waals surface area contributed by atoms with E-state index in [-0.39, 0.29) is 17.1 Å². The number of benzene rings is 1. The van der Waals surface area contributed by atoms with Crippen molar-refractivity contribution in [2.24, 2.45) is 5.73 Å². The average Bonchev–Trinajstić information content (AvgIpc) is 2.29. The Bertz CT molecular complexity index is 466. The van der Waals surface area contributed by atoms with Gasteiger partial charge in [0.2, 0.25) is 5.91 Å². The number of aliphatic hydroxyl groups excluding tert-OH is 1. The summed E-state index contributed by atoms with van der Waals surface area (Å²) in [6.45, 7) is -0.609. The van der Waals surface area contributed by atoms with Crippen molar-refractivity contribution < 1.29 is 23.1 Å². The molecule has 0 spiro atoms. The summed E-state index contributed by atoms with van der Waals surface area (Å²) in [5.74, 6) is -0.645. The van der Waals surface area contributed by atoms with E-state index in [2.05, 4.69) is 5.32 Å². The summed E-state index contributed by atoms with van der Waals surface area (Å²) in [6.07, 6.45) is -7.09. The molecule has 0 bridgehead atoms. The van der Waals surface area contributed by atoms with Crippen LogP contribution in [0, 0.1) is 0 Å². The zero-order valence-electron chi connectivity index (χ0n) is 9.67. The zero-order chi connectivity index (χ0) is 14.6. The highest BCUT2D eigenvalue weighted by Crippen LogP contribution is 2.20. The van der Waals surface area contributed by atoms with E-state index < -0.39 is 24.7 Å². The molecule has 1 atom stereocenters. The number of hydrogen-bond donors (Lipinski definition) is 3. The summed E-state index contributed by atoms with van der Waals surface area (Å²) < 4.78 is 36.1. The highest BCUT2D eigenvalue weighted by Gasteiger charge is 2.37. The molecular weight excluding hydrogens is 285 g/mol. The van der Waals surface area contributed by atoms with Crippen LogP contribution in [0.2, 0.25) is 5.02 Å². The predicted octanol–water partition coefficient (Wildman–Crippen LogP) is 1.45. The summed E-state index contributed by atoms with van der Waals surface area (Å²) >= 11 is 5.85. The number of primary amides is 1. The van der Waals surface area contributed by atoms with Crippen molar-refractivity contribution in [2.75, 3.05) is 6.54 Å². The summed E-state index contributed by atoms with van der Waals surface area (Å²) in [5.41, 5.74) is 5.76. The fourth-order valence-corrected chi connectivity index (χ4v) is 1.55. The van der Waals surface area contributed by atoms with Gasteiger partial charge < -0.3 is 16.2 Å². The molecule has 8 heteroatoms. The van der Waals surface area contributed by atoms with Crippen LogP contribution in [-0.4, -0.2) is 29.8 Å². The molecule has 0 heterocycles. The van der Waals surface area contributed by atoms with Gasteiger partial charge in [0, 0.05) is 23.7 Å². The number of nitrogens with one attached hydrogen (secondary N) is 1. The standard InChI is InChI=1S/C11H12ClF3N2O2/c12-8-3-6(10(16)19)1-2-7(8)4-17-5-9(18)11(13,14)15/h1-3,9,17-18H,4-5H2,(H2,16,19). The maximum atomic E-state index is 12.0. The number of rotatable bonds is 5. The second-order valence-electron chi connectivity index (χ2n) is 3.86. The van der Waals surface area contributed by atoms with Crippen molar-refractivity contribution in [3.63, 3.8) is 0 Å². The molecule has 0 radical (unpaired) electrons. The van der Waals surface area contributed by atoms with Crippen molar-refractivity contribution in [2.45, 2.75) is 18.8 Å². The minimum absolute atomic E-state index is 0.0328. The number of aliphatic hydroxyl groups is 1. The molecule has 1 aromatic carbocycles. The lowest BCUT2D eigenvalue weighted by atomic mass is 10.1. The first-order valence-corrected chi connectivity index (χ1v) is 5.63. The van der Waals surface area contributed by atoms with E-state index in [0.29, 0.717) is 5.56 Å². The van der Waals surface area contributed by atoms with Gasteiger partial charge in [-0.3, -0.25) is 4.79 Å². The molecule has 0 fully saturated rings. The van der Waals surface area contributed by atoms with E-state index in [1.54, 1.807) is 0 Å². The lowest BCUT2D eigenvalue weighted by molar-refractivity contribution is -0.201. The number of carbonyl (C=O) groups is 1. The molecule has 1 unspecified atom stereocenters. The monoisotopic (exact) mass is 296 g/mol. The highest BCUT2D eigenvalue weighted by molar-refractivity contribution is 6.31. The smallest absolute Gasteiger partial charge is 0.382 e. The second-order valence-corrected chi connectivity index (χ2v) is 4.27. The summed E-state index contributed by atoms with van der Waals surface area (Å²) in [6, 6.07) is 4.24. The van der Waals surface area contributed by atoms with E-state index in [1.807, 2.05) is 0 Å². The zero-order valence-corrected chi connectivity index (χ0v) is 10.4. The van der Waals surface area contributed by atoms with E-state index in [9.17, 15) is 18.0 Å². The normalized spacial score (nSPS) is 13.3. The Morgan fingerprint density at radius 1 is 1.47 bits per heavy atom. The second kappa shape index (κ2) is 6.23. The molecule has 1 rings (SSSR count). The van der Waals surface area contributed by atoms with Crippen LogP contribution < -0.4 is 11.1 Å². The number of alkyl halides is 3. The predicted molar refractivity (Wildman–Crippen MR) is 63.7 cm³/mol. The molecule has 4 N–H and O–H groups in total. The third-order valence-electron chi connectivity index (χ3n) is 2.37.